The van der Waals surface area contributed by atoms with Crippen LogP contribution in [0.25, 0.3) is 16.7 Å². The number of fused-ring (bicyclic) bond motifs is 1. The van der Waals surface area contributed by atoms with Crippen molar-refractivity contribution in [1.29, 1.82) is 0 Å². The normalized spacial score (nSPS) is 11.0. The standard InChI is InChI=1S/C22H20FN5O2/c1-14-4-3-5-17(12-14)26-20(29)10-11-27-15(2)25-21-19(22(27)30)13-24-28(21)18-8-6-16(23)7-9-18/h3-9,12-13H,10-11H2,1-2H3,(H,26,29). The number of hydrogen-bond acceptors (Lipinski definition) is 4. The monoisotopic (exact) mass is 405 g/mol. The molecule has 4 rings (SSSR count). The van der Waals surface area contributed by atoms with Crippen molar-refractivity contribution in [2.24, 2.45) is 0 Å². The van der Waals surface area contributed by atoms with Crippen molar-refractivity contribution in [1.82, 2.24) is 19.3 Å². The van der Waals surface area contributed by atoms with Crippen LogP contribution in [0.15, 0.2) is 59.5 Å². The molecule has 2 aromatic heterocycles. The van der Waals surface area contributed by atoms with Crippen LogP contribution >= 0.6 is 0 Å². The molecule has 0 aliphatic carbocycles. The van der Waals surface area contributed by atoms with E-state index in [2.05, 4.69) is 15.4 Å². The summed E-state index contributed by atoms with van der Waals surface area (Å²) in [6.45, 7) is 3.86. The minimum atomic E-state index is -0.356. The highest BCUT2D eigenvalue weighted by molar-refractivity contribution is 5.90. The largest absolute Gasteiger partial charge is 0.326 e. The van der Waals surface area contributed by atoms with Gasteiger partial charge >= 0.3 is 0 Å². The number of anilines is 1. The molecule has 0 bridgehead atoms. The van der Waals surface area contributed by atoms with Gasteiger partial charge in [-0.05, 0) is 55.8 Å². The summed E-state index contributed by atoms with van der Waals surface area (Å²) >= 11 is 0. The number of carbonyl (C=O) groups is 1. The highest BCUT2D eigenvalue weighted by atomic mass is 19.1. The zero-order chi connectivity index (χ0) is 21.3. The van der Waals surface area contributed by atoms with Gasteiger partial charge in [0.05, 0.1) is 11.9 Å². The third-order valence-electron chi connectivity index (χ3n) is 4.81. The number of aromatic nitrogens is 4. The second-order valence-electron chi connectivity index (χ2n) is 7.05. The number of nitrogens with zero attached hydrogens (tertiary/aromatic N) is 4. The van der Waals surface area contributed by atoms with Crippen molar-refractivity contribution in [3.63, 3.8) is 0 Å². The fourth-order valence-electron chi connectivity index (χ4n) is 3.30. The van der Waals surface area contributed by atoms with Crippen molar-refractivity contribution < 1.29 is 9.18 Å². The second kappa shape index (κ2) is 7.90. The lowest BCUT2D eigenvalue weighted by molar-refractivity contribution is -0.116. The second-order valence-corrected chi connectivity index (χ2v) is 7.05. The molecule has 152 valence electrons. The van der Waals surface area contributed by atoms with Crippen LogP contribution in [-0.4, -0.2) is 25.2 Å². The molecule has 0 aliphatic rings. The highest BCUT2D eigenvalue weighted by Crippen LogP contribution is 2.15. The van der Waals surface area contributed by atoms with Gasteiger partial charge in [-0.3, -0.25) is 14.2 Å². The van der Waals surface area contributed by atoms with Gasteiger partial charge in [-0.1, -0.05) is 12.1 Å². The maximum atomic E-state index is 13.2. The van der Waals surface area contributed by atoms with Crippen LogP contribution in [-0.2, 0) is 11.3 Å². The Bertz CT molecular complexity index is 1290. The average Bonchev–Trinajstić information content (AvgIpc) is 3.12. The molecule has 4 aromatic rings. The number of carbonyl (C=O) groups excluding carboxylic acids is 1. The van der Waals surface area contributed by atoms with Crippen LogP contribution in [0.1, 0.15) is 17.8 Å². The minimum absolute atomic E-state index is 0.133. The molecule has 0 aliphatic heterocycles. The topological polar surface area (TPSA) is 81.8 Å². The van der Waals surface area contributed by atoms with Gasteiger partial charge in [0.25, 0.3) is 5.56 Å². The van der Waals surface area contributed by atoms with E-state index >= 15 is 0 Å². The van der Waals surface area contributed by atoms with Crippen LogP contribution in [0.3, 0.4) is 0 Å². The van der Waals surface area contributed by atoms with E-state index in [1.807, 2.05) is 31.2 Å². The minimum Gasteiger partial charge on any atom is -0.326 e. The Morgan fingerprint density at radius 3 is 2.63 bits per heavy atom. The summed E-state index contributed by atoms with van der Waals surface area (Å²) in [7, 11) is 0. The maximum Gasteiger partial charge on any atom is 0.264 e. The SMILES string of the molecule is Cc1cccc(NC(=O)CCn2c(C)nc3c(cnn3-c3ccc(F)cc3)c2=O)c1. The Labute approximate surface area is 171 Å². The smallest absolute Gasteiger partial charge is 0.264 e. The molecule has 0 saturated heterocycles. The first-order valence-corrected chi connectivity index (χ1v) is 9.50. The molecule has 1 amide bonds. The number of rotatable bonds is 5. The van der Waals surface area contributed by atoms with Crippen molar-refractivity contribution in [2.45, 2.75) is 26.8 Å². The van der Waals surface area contributed by atoms with Crippen LogP contribution in [0.5, 0.6) is 0 Å². The summed E-state index contributed by atoms with van der Waals surface area (Å²) in [6.07, 6.45) is 1.57. The molecular weight excluding hydrogens is 385 g/mol. The lowest BCUT2D eigenvalue weighted by Gasteiger charge is -2.11. The summed E-state index contributed by atoms with van der Waals surface area (Å²) in [5.74, 6) is -0.0700. The molecular formula is C22H20FN5O2. The fourth-order valence-corrected chi connectivity index (χ4v) is 3.30. The van der Waals surface area contributed by atoms with E-state index in [1.54, 1.807) is 19.1 Å². The van der Waals surface area contributed by atoms with Gasteiger partial charge in [0.1, 0.15) is 17.0 Å². The molecule has 2 heterocycles. The van der Waals surface area contributed by atoms with Gasteiger partial charge in [0.2, 0.25) is 5.91 Å². The average molecular weight is 405 g/mol. The van der Waals surface area contributed by atoms with Crippen molar-refractivity contribution in [2.75, 3.05) is 5.32 Å². The van der Waals surface area contributed by atoms with Crippen LogP contribution in [0.4, 0.5) is 10.1 Å². The third kappa shape index (κ3) is 3.84. The Morgan fingerprint density at radius 1 is 1.13 bits per heavy atom. The summed E-state index contributed by atoms with van der Waals surface area (Å²) < 4.78 is 16.2. The molecule has 0 radical (unpaired) electrons. The van der Waals surface area contributed by atoms with Crippen LogP contribution < -0.4 is 10.9 Å². The van der Waals surface area contributed by atoms with Gasteiger partial charge < -0.3 is 5.32 Å². The Kier molecular flexibility index (Phi) is 5.14. The summed E-state index contributed by atoms with van der Waals surface area (Å²) in [5.41, 5.74) is 2.50. The summed E-state index contributed by atoms with van der Waals surface area (Å²) in [5, 5.41) is 7.41. The molecule has 0 fully saturated rings. The zero-order valence-corrected chi connectivity index (χ0v) is 16.6. The molecule has 2 aromatic carbocycles. The number of amides is 1. The van der Waals surface area contributed by atoms with E-state index in [0.29, 0.717) is 22.5 Å². The summed E-state index contributed by atoms with van der Waals surface area (Å²) in [6, 6.07) is 13.3. The number of benzene rings is 2. The number of nitrogens with one attached hydrogen (secondary N) is 1. The van der Waals surface area contributed by atoms with Crippen molar-refractivity contribution >= 4 is 22.6 Å². The fraction of sp³-hybridized carbons (Fsp3) is 0.182. The van der Waals surface area contributed by atoms with Crippen LogP contribution in [0.2, 0.25) is 0 Å². The molecule has 0 spiro atoms. The molecule has 1 N–H and O–H groups in total. The van der Waals surface area contributed by atoms with Gasteiger partial charge in [-0.15, -0.1) is 0 Å². The quantitative estimate of drug-likeness (QED) is 0.552. The lowest BCUT2D eigenvalue weighted by atomic mass is 10.2. The van der Waals surface area contributed by atoms with Gasteiger partial charge in [0, 0.05) is 18.7 Å². The molecule has 8 heteroatoms. The van der Waals surface area contributed by atoms with E-state index in [0.717, 1.165) is 11.3 Å². The number of aryl methyl sites for hydroxylation is 2. The molecule has 0 unspecified atom stereocenters. The molecule has 0 saturated carbocycles. The molecule has 7 nitrogen and oxygen atoms in total. The third-order valence-corrected chi connectivity index (χ3v) is 4.81. The first-order valence-electron chi connectivity index (χ1n) is 9.50. The zero-order valence-electron chi connectivity index (χ0n) is 16.6. The first-order chi connectivity index (χ1) is 14.4. The Morgan fingerprint density at radius 2 is 1.90 bits per heavy atom. The van der Waals surface area contributed by atoms with Crippen molar-refractivity contribution in [3.05, 3.63) is 82.3 Å². The molecule has 30 heavy (non-hydrogen) atoms. The van der Waals surface area contributed by atoms with Crippen LogP contribution in [0, 0.1) is 19.7 Å². The Hall–Kier alpha value is -3.81. The van der Waals surface area contributed by atoms with E-state index in [1.165, 1.54) is 27.6 Å². The van der Waals surface area contributed by atoms with E-state index in [9.17, 15) is 14.0 Å². The summed E-state index contributed by atoms with van der Waals surface area (Å²) in [4.78, 5) is 29.8. The van der Waals surface area contributed by atoms with Crippen molar-refractivity contribution in [3.8, 4) is 5.69 Å². The van der Waals surface area contributed by atoms with E-state index in [-0.39, 0.29) is 30.2 Å². The lowest BCUT2D eigenvalue weighted by Crippen LogP contribution is -2.26. The van der Waals surface area contributed by atoms with E-state index in [4.69, 9.17) is 0 Å². The van der Waals surface area contributed by atoms with Gasteiger partial charge in [-0.25, -0.2) is 14.1 Å². The van der Waals surface area contributed by atoms with E-state index < -0.39 is 0 Å². The van der Waals surface area contributed by atoms with Gasteiger partial charge in [-0.2, -0.15) is 5.10 Å². The maximum absolute atomic E-state index is 13.2. The predicted octanol–water partition coefficient (Wildman–Crippen LogP) is 3.37. The predicted molar refractivity (Wildman–Crippen MR) is 112 cm³/mol. The molecule has 0 atom stereocenters. The Balaban J connectivity index is 1.57. The first kappa shape index (κ1) is 19.5. The number of hydrogen-bond donors (Lipinski definition) is 1. The van der Waals surface area contributed by atoms with Gasteiger partial charge in [0.15, 0.2) is 5.65 Å². The number of halogens is 1. The highest BCUT2D eigenvalue weighted by Gasteiger charge is 2.15.